The minimum absolute atomic E-state index is 0.726. The van der Waals surface area contributed by atoms with Gasteiger partial charge in [0.1, 0.15) is 0 Å². The van der Waals surface area contributed by atoms with E-state index in [9.17, 15) is 0 Å². The first-order chi connectivity index (χ1) is 7.72. The van der Waals surface area contributed by atoms with Gasteiger partial charge in [0.15, 0.2) is 0 Å². The van der Waals surface area contributed by atoms with Crippen molar-refractivity contribution < 1.29 is 0 Å². The Morgan fingerprint density at radius 1 is 1.06 bits per heavy atom. The third-order valence-corrected chi connectivity index (χ3v) is 2.97. The van der Waals surface area contributed by atoms with Crippen molar-refractivity contribution in [2.24, 2.45) is 11.8 Å². The van der Waals surface area contributed by atoms with E-state index in [2.05, 4.69) is 50.6 Å². The van der Waals surface area contributed by atoms with Gasteiger partial charge in [-0.05, 0) is 49.0 Å². The first kappa shape index (κ1) is 14.8. The molecule has 0 N–H and O–H groups in total. The van der Waals surface area contributed by atoms with Crippen LogP contribution < -0.4 is 0 Å². The summed E-state index contributed by atoms with van der Waals surface area (Å²) >= 11 is 0. The van der Waals surface area contributed by atoms with E-state index in [0.29, 0.717) is 0 Å². The monoisotopic (exact) mass is 216 g/mol. The Labute approximate surface area is 101 Å². The van der Waals surface area contributed by atoms with Gasteiger partial charge in [-0.15, -0.1) is 6.58 Å². The molecule has 0 rings (SSSR count). The molecule has 0 bridgehead atoms. The zero-order chi connectivity index (χ0) is 12.2. The Balaban J connectivity index is 4.03. The fourth-order valence-corrected chi connectivity index (χ4v) is 1.30. The first-order valence-corrected chi connectivity index (χ1v) is 6.22. The van der Waals surface area contributed by atoms with Crippen LogP contribution in [-0.4, -0.2) is 0 Å². The fraction of sp³-hybridized carbons (Fsp3) is 0.562. The highest BCUT2D eigenvalue weighted by Gasteiger charge is 2.07. The topological polar surface area (TPSA) is 0 Å². The summed E-state index contributed by atoms with van der Waals surface area (Å²) in [7, 11) is 0. The molecule has 0 saturated carbocycles. The van der Waals surface area contributed by atoms with Crippen LogP contribution in [-0.2, 0) is 0 Å². The number of rotatable bonds is 7. The second kappa shape index (κ2) is 10.3. The van der Waals surface area contributed by atoms with E-state index in [0.717, 1.165) is 31.1 Å². The van der Waals surface area contributed by atoms with E-state index in [1.165, 1.54) is 6.42 Å². The fourth-order valence-electron chi connectivity index (χ4n) is 1.30. The van der Waals surface area contributed by atoms with Crippen molar-refractivity contribution in [3.63, 3.8) is 0 Å². The molecular formula is C16H24. The Morgan fingerprint density at radius 3 is 2.38 bits per heavy atom. The van der Waals surface area contributed by atoms with Crippen molar-refractivity contribution in [1.82, 2.24) is 0 Å². The molecule has 0 aromatic rings. The Morgan fingerprint density at radius 2 is 1.75 bits per heavy atom. The highest BCUT2D eigenvalue weighted by Crippen LogP contribution is 2.17. The summed E-state index contributed by atoms with van der Waals surface area (Å²) in [5.74, 6) is 1.51. The van der Waals surface area contributed by atoms with Gasteiger partial charge in [0.2, 0.25) is 0 Å². The molecular weight excluding hydrogens is 192 g/mol. The van der Waals surface area contributed by atoms with Crippen LogP contribution in [0.2, 0.25) is 0 Å². The van der Waals surface area contributed by atoms with Gasteiger partial charge in [0, 0.05) is 0 Å². The first-order valence-electron chi connectivity index (χ1n) is 6.22. The summed E-state index contributed by atoms with van der Waals surface area (Å²) in [6.45, 7) is 10.5. The number of allylic oxidation sites excluding steroid dienone is 3. The molecule has 2 atom stereocenters. The van der Waals surface area contributed by atoms with Gasteiger partial charge >= 0.3 is 0 Å². The highest BCUT2D eigenvalue weighted by molar-refractivity contribution is 4.90. The van der Waals surface area contributed by atoms with Crippen LogP contribution in [0.25, 0.3) is 0 Å². The largest absolute Gasteiger partial charge is 0.103 e. The lowest BCUT2D eigenvalue weighted by Gasteiger charge is -2.15. The smallest absolute Gasteiger partial charge is 0.0197 e. The summed E-state index contributed by atoms with van der Waals surface area (Å²) in [6, 6.07) is 0. The minimum atomic E-state index is 0.726. The maximum atomic E-state index is 3.66. The maximum Gasteiger partial charge on any atom is -0.0197 e. The second-order valence-electron chi connectivity index (χ2n) is 4.29. The standard InChI is InChI=1S/C16H24/c1-5-7-8-9-10-11-12-13-14-16(4)15(3)6-2/h5,9,13,15-16H,1,6-8,14H2,2-4H3. The number of hydrogen-bond donors (Lipinski definition) is 0. The lowest BCUT2D eigenvalue weighted by atomic mass is 9.91. The molecule has 0 amide bonds. The summed E-state index contributed by atoms with van der Waals surface area (Å²) in [6.07, 6.45) is 10.3. The van der Waals surface area contributed by atoms with Crippen LogP contribution in [0.3, 0.4) is 0 Å². The van der Waals surface area contributed by atoms with Crippen molar-refractivity contribution >= 4 is 0 Å². The van der Waals surface area contributed by atoms with Gasteiger partial charge in [-0.25, -0.2) is 0 Å². The normalized spacial score (nSPS) is 12.7. The Bertz CT molecular complexity index is 303. The van der Waals surface area contributed by atoms with Crippen LogP contribution in [0.4, 0.5) is 0 Å². The Kier molecular flexibility index (Phi) is 9.58. The molecule has 0 spiro atoms. The zero-order valence-electron chi connectivity index (χ0n) is 10.9. The van der Waals surface area contributed by atoms with Crippen molar-refractivity contribution in [2.45, 2.75) is 46.5 Å². The molecule has 16 heavy (non-hydrogen) atoms. The van der Waals surface area contributed by atoms with E-state index in [4.69, 9.17) is 0 Å². The molecule has 0 saturated heterocycles. The molecule has 0 heteroatoms. The quantitative estimate of drug-likeness (QED) is 0.317. The average Bonchev–Trinajstić information content (AvgIpc) is 2.31. The zero-order valence-corrected chi connectivity index (χ0v) is 10.9. The van der Waals surface area contributed by atoms with Gasteiger partial charge < -0.3 is 0 Å². The molecule has 0 aliphatic carbocycles. The van der Waals surface area contributed by atoms with Crippen molar-refractivity contribution in [3.05, 3.63) is 42.0 Å². The van der Waals surface area contributed by atoms with Crippen LogP contribution in [0.15, 0.2) is 42.0 Å². The predicted molar refractivity (Wildman–Crippen MR) is 72.3 cm³/mol. The van der Waals surface area contributed by atoms with Gasteiger partial charge in [0.25, 0.3) is 0 Å². The third kappa shape index (κ3) is 8.16. The molecule has 0 aliphatic rings. The van der Waals surface area contributed by atoms with Gasteiger partial charge in [-0.1, -0.05) is 44.7 Å². The number of hydrogen-bond acceptors (Lipinski definition) is 0. The Hall–Kier alpha value is -1.18. The minimum Gasteiger partial charge on any atom is -0.103 e. The predicted octanol–water partition coefficient (Wildman–Crippen LogP) is 5.05. The van der Waals surface area contributed by atoms with Crippen LogP contribution in [0.1, 0.15) is 46.5 Å². The molecule has 0 nitrogen and oxygen atoms in total. The lowest BCUT2D eigenvalue weighted by Crippen LogP contribution is -2.04. The van der Waals surface area contributed by atoms with E-state index >= 15 is 0 Å². The summed E-state index contributed by atoms with van der Waals surface area (Å²) in [5, 5.41) is 0. The molecule has 0 fully saturated rings. The average molecular weight is 216 g/mol. The van der Waals surface area contributed by atoms with E-state index in [-0.39, 0.29) is 0 Å². The summed E-state index contributed by atoms with van der Waals surface area (Å²) in [4.78, 5) is 0. The van der Waals surface area contributed by atoms with Crippen molar-refractivity contribution in [1.29, 1.82) is 0 Å². The SMILES string of the molecule is C=CCCC=C=C=C=CCC(C)C(C)CC. The van der Waals surface area contributed by atoms with Gasteiger partial charge in [-0.2, -0.15) is 0 Å². The molecule has 88 valence electrons. The lowest BCUT2D eigenvalue weighted by molar-refractivity contribution is 0.381. The van der Waals surface area contributed by atoms with Gasteiger partial charge in [-0.3, -0.25) is 0 Å². The summed E-state index contributed by atoms with van der Waals surface area (Å²) < 4.78 is 0. The molecule has 0 aromatic carbocycles. The van der Waals surface area contributed by atoms with E-state index < -0.39 is 0 Å². The summed E-state index contributed by atoms with van der Waals surface area (Å²) in [5.41, 5.74) is 8.91. The molecule has 0 radical (unpaired) electrons. The molecule has 0 heterocycles. The van der Waals surface area contributed by atoms with Crippen molar-refractivity contribution in [2.75, 3.05) is 0 Å². The van der Waals surface area contributed by atoms with Crippen LogP contribution in [0, 0.1) is 11.8 Å². The van der Waals surface area contributed by atoms with Crippen LogP contribution >= 0.6 is 0 Å². The molecule has 0 aliphatic heterocycles. The van der Waals surface area contributed by atoms with Crippen molar-refractivity contribution in [3.8, 4) is 0 Å². The molecule has 2 unspecified atom stereocenters. The molecule has 0 aromatic heterocycles. The maximum absolute atomic E-state index is 3.66. The highest BCUT2D eigenvalue weighted by atomic mass is 14.1. The van der Waals surface area contributed by atoms with Crippen LogP contribution in [0.5, 0.6) is 0 Å². The van der Waals surface area contributed by atoms with E-state index in [1.807, 2.05) is 12.2 Å². The van der Waals surface area contributed by atoms with E-state index in [1.54, 1.807) is 0 Å². The second-order valence-corrected chi connectivity index (χ2v) is 4.29. The third-order valence-electron chi connectivity index (χ3n) is 2.97. The number of unbranched alkanes of at least 4 members (excludes halogenated alkanes) is 1. The van der Waals surface area contributed by atoms with Gasteiger partial charge in [0.05, 0.1) is 0 Å².